The van der Waals surface area contributed by atoms with E-state index in [-0.39, 0.29) is 6.61 Å². The first-order valence-electron chi connectivity index (χ1n) is 6.25. The average molecular weight is 275 g/mol. The lowest BCUT2D eigenvalue weighted by Crippen LogP contribution is -2.23. The van der Waals surface area contributed by atoms with E-state index in [0.717, 1.165) is 29.0 Å². The van der Waals surface area contributed by atoms with Crippen LogP contribution in [-0.2, 0) is 6.61 Å². The fourth-order valence-electron chi connectivity index (χ4n) is 2.32. The Kier molecular flexibility index (Phi) is 4.65. The van der Waals surface area contributed by atoms with Crippen molar-refractivity contribution in [3.8, 4) is 0 Å². The summed E-state index contributed by atoms with van der Waals surface area (Å²) in [6.45, 7) is 4.38. The molecule has 1 saturated heterocycles. The van der Waals surface area contributed by atoms with Crippen molar-refractivity contribution in [1.29, 1.82) is 0 Å². The third-order valence-corrected chi connectivity index (χ3v) is 5.00. The molecule has 5 heteroatoms. The minimum Gasteiger partial charge on any atom is -0.391 e. The normalized spacial score (nSPS) is 21.6. The molecule has 1 atom stereocenters. The first kappa shape index (κ1) is 13.1. The van der Waals surface area contributed by atoms with E-state index in [0.29, 0.717) is 5.15 Å². The van der Waals surface area contributed by atoms with Crippen molar-refractivity contribution in [2.45, 2.75) is 39.2 Å². The van der Waals surface area contributed by atoms with Gasteiger partial charge in [0.25, 0.3) is 0 Å². The number of rotatable bonds is 3. The maximum absolute atomic E-state index is 9.13. The van der Waals surface area contributed by atoms with Gasteiger partial charge in [-0.15, -0.1) is 0 Å². The van der Waals surface area contributed by atoms with Gasteiger partial charge in [0.05, 0.1) is 11.5 Å². The molecule has 2 rings (SSSR count). The zero-order chi connectivity index (χ0) is 12.3. The second-order valence-corrected chi connectivity index (χ2v) is 5.98. The van der Waals surface area contributed by atoms with Crippen molar-refractivity contribution >= 4 is 28.1 Å². The predicted molar refractivity (Wildman–Crippen MR) is 72.9 cm³/mol. The second-order valence-electron chi connectivity index (χ2n) is 4.56. The standard InChI is InChI=1S/C12H19ClN2OS/c1-2-9-4-3-6-15(7-5-9)12-14-11(13)10(8-16)17-12/h9,16H,2-8H2,1H3. The largest absolute Gasteiger partial charge is 0.391 e. The molecule has 1 unspecified atom stereocenters. The molecule has 96 valence electrons. The Morgan fingerprint density at radius 1 is 1.47 bits per heavy atom. The van der Waals surface area contributed by atoms with E-state index in [4.69, 9.17) is 16.7 Å². The van der Waals surface area contributed by atoms with Crippen LogP contribution in [0.3, 0.4) is 0 Å². The molecule has 17 heavy (non-hydrogen) atoms. The lowest BCUT2D eigenvalue weighted by Gasteiger charge is -2.19. The van der Waals surface area contributed by atoms with E-state index in [2.05, 4.69) is 16.8 Å². The highest BCUT2D eigenvalue weighted by molar-refractivity contribution is 7.16. The predicted octanol–water partition coefficient (Wildman–Crippen LogP) is 3.31. The zero-order valence-corrected chi connectivity index (χ0v) is 11.7. The molecule has 0 spiro atoms. The smallest absolute Gasteiger partial charge is 0.187 e. The molecular formula is C12H19ClN2OS. The summed E-state index contributed by atoms with van der Waals surface area (Å²) in [5.41, 5.74) is 0. The SMILES string of the molecule is CCC1CCCN(c2nc(Cl)c(CO)s2)CC1. The summed E-state index contributed by atoms with van der Waals surface area (Å²) < 4.78 is 0. The molecule has 0 bridgehead atoms. The number of aromatic nitrogens is 1. The van der Waals surface area contributed by atoms with E-state index in [9.17, 15) is 0 Å². The molecular weight excluding hydrogens is 256 g/mol. The van der Waals surface area contributed by atoms with Crippen LogP contribution >= 0.6 is 22.9 Å². The second kappa shape index (κ2) is 6.03. The third-order valence-electron chi connectivity index (χ3n) is 3.48. The number of hydrogen-bond acceptors (Lipinski definition) is 4. The van der Waals surface area contributed by atoms with Crippen LogP contribution in [-0.4, -0.2) is 23.2 Å². The summed E-state index contributed by atoms with van der Waals surface area (Å²) in [6.07, 6.45) is 5.06. The highest BCUT2D eigenvalue weighted by Crippen LogP contribution is 2.32. The molecule has 0 amide bonds. The van der Waals surface area contributed by atoms with Gasteiger partial charge in [-0.2, -0.15) is 0 Å². The van der Waals surface area contributed by atoms with Gasteiger partial charge < -0.3 is 10.0 Å². The van der Waals surface area contributed by atoms with E-state index >= 15 is 0 Å². The van der Waals surface area contributed by atoms with Crippen LogP contribution in [0.1, 0.15) is 37.5 Å². The monoisotopic (exact) mass is 274 g/mol. The molecule has 1 aromatic rings. The third kappa shape index (κ3) is 3.12. The van der Waals surface area contributed by atoms with Gasteiger partial charge in [-0.3, -0.25) is 0 Å². The number of halogens is 1. The molecule has 1 fully saturated rings. The van der Waals surface area contributed by atoms with Gasteiger partial charge in [0.1, 0.15) is 5.15 Å². The molecule has 0 aromatic carbocycles. The Morgan fingerprint density at radius 2 is 2.29 bits per heavy atom. The van der Waals surface area contributed by atoms with Gasteiger partial charge in [0.2, 0.25) is 0 Å². The Morgan fingerprint density at radius 3 is 2.94 bits per heavy atom. The molecule has 1 aromatic heterocycles. The minimum atomic E-state index is -0.0120. The fraction of sp³-hybridized carbons (Fsp3) is 0.750. The van der Waals surface area contributed by atoms with Crippen LogP contribution in [0, 0.1) is 5.92 Å². The van der Waals surface area contributed by atoms with Crippen molar-refractivity contribution < 1.29 is 5.11 Å². The van der Waals surface area contributed by atoms with Gasteiger partial charge in [-0.05, 0) is 25.2 Å². The molecule has 1 N–H and O–H groups in total. The lowest BCUT2D eigenvalue weighted by atomic mass is 9.98. The molecule has 3 nitrogen and oxygen atoms in total. The molecule has 2 heterocycles. The van der Waals surface area contributed by atoms with Gasteiger partial charge in [0, 0.05) is 13.1 Å². The van der Waals surface area contributed by atoms with Crippen LogP contribution in [0.25, 0.3) is 0 Å². The molecule has 0 aliphatic carbocycles. The number of anilines is 1. The van der Waals surface area contributed by atoms with Gasteiger partial charge >= 0.3 is 0 Å². The Hall–Kier alpha value is -0.320. The fourth-order valence-corrected chi connectivity index (χ4v) is 3.49. The Bertz CT molecular complexity index is 369. The van der Waals surface area contributed by atoms with Gasteiger partial charge in [-0.1, -0.05) is 36.3 Å². The molecule has 1 aliphatic rings. The van der Waals surface area contributed by atoms with Crippen LogP contribution < -0.4 is 4.90 Å². The Labute approximate surface area is 111 Å². The lowest BCUT2D eigenvalue weighted by molar-refractivity contribution is 0.285. The number of nitrogens with zero attached hydrogens (tertiary/aromatic N) is 2. The van der Waals surface area contributed by atoms with Crippen molar-refractivity contribution in [2.24, 2.45) is 5.92 Å². The summed E-state index contributed by atoms with van der Waals surface area (Å²) >= 11 is 7.49. The topological polar surface area (TPSA) is 36.4 Å². The quantitative estimate of drug-likeness (QED) is 0.919. The van der Waals surface area contributed by atoms with Gasteiger partial charge in [-0.25, -0.2) is 4.98 Å². The molecule has 0 radical (unpaired) electrons. The highest BCUT2D eigenvalue weighted by Gasteiger charge is 2.19. The summed E-state index contributed by atoms with van der Waals surface area (Å²) in [5, 5.41) is 10.6. The summed E-state index contributed by atoms with van der Waals surface area (Å²) in [5.74, 6) is 0.854. The van der Waals surface area contributed by atoms with E-state index in [1.165, 1.54) is 37.0 Å². The number of aliphatic hydroxyl groups is 1. The average Bonchev–Trinajstić information content (AvgIpc) is 2.58. The maximum atomic E-state index is 9.13. The first-order valence-corrected chi connectivity index (χ1v) is 7.45. The van der Waals surface area contributed by atoms with Crippen molar-refractivity contribution in [3.63, 3.8) is 0 Å². The zero-order valence-electron chi connectivity index (χ0n) is 10.2. The Balaban J connectivity index is 2.06. The first-order chi connectivity index (χ1) is 8.24. The highest BCUT2D eigenvalue weighted by atomic mass is 35.5. The summed E-state index contributed by atoms with van der Waals surface area (Å²) in [4.78, 5) is 7.43. The number of aliphatic hydroxyl groups excluding tert-OH is 1. The van der Waals surface area contributed by atoms with Crippen LogP contribution in [0.5, 0.6) is 0 Å². The summed E-state index contributed by atoms with van der Waals surface area (Å²) in [7, 11) is 0. The van der Waals surface area contributed by atoms with Crippen molar-refractivity contribution in [3.05, 3.63) is 10.0 Å². The van der Waals surface area contributed by atoms with Crippen LogP contribution in [0.4, 0.5) is 5.13 Å². The molecule has 1 aliphatic heterocycles. The van der Waals surface area contributed by atoms with Crippen molar-refractivity contribution in [2.75, 3.05) is 18.0 Å². The van der Waals surface area contributed by atoms with E-state index in [1.807, 2.05) is 0 Å². The maximum Gasteiger partial charge on any atom is 0.187 e. The summed E-state index contributed by atoms with van der Waals surface area (Å²) in [6, 6.07) is 0. The van der Waals surface area contributed by atoms with Gasteiger partial charge in [0.15, 0.2) is 5.13 Å². The number of thiazole rings is 1. The minimum absolute atomic E-state index is 0.0120. The van der Waals surface area contributed by atoms with E-state index < -0.39 is 0 Å². The van der Waals surface area contributed by atoms with Crippen LogP contribution in [0.15, 0.2) is 0 Å². The molecule has 0 saturated carbocycles. The van der Waals surface area contributed by atoms with Crippen LogP contribution in [0.2, 0.25) is 5.15 Å². The van der Waals surface area contributed by atoms with Crippen molar-refractivity contribution in [1.82, 2.24) is 4.98 Å². The number of hydrogen-bond donors (Lipinski definition) is 1. The van der Waals surface area contributed by atoms with E-state index in [1.54, 1.807) is 0 Å².